The van der Waals surface area contributed by atoms with E-state index in [9.17, 15) is 0 Å². The molecule has 0 saturated carbocycles. The molecule has 6 nitrogen and oxygen atoms in total. The van der Waals surface area contributed by atoms with Crippen molar-refractivity contribution in [1.82, 2.24) is 14.4 Å². The lowest BCUT2D eigenvalue weighted by Gasteiger charge is -2.32. The van der Waals surface area contributed by atoms with Crippen LogP contribution in [0.25, 0.3) is 16.9 Å². The number of pyridine rings is 2. The quantitative estimate of drug-likeness (QED) is 0.450. The molecule has 0 unspecified atom stereocenters. The van der Waals surface area contributed by atoms with Crippen LogP contribution in [0.15, 0.2) is 61.1 Å². The van der Waals surface area contributed by atoms with Crippen LogP contribution in [0.1, 0.15) is 38.8 Å². The highest BCUT2D eigenvalue weighted by atomic mass is 16.7. The first-order chi connectivity index (χ1) is 15.7. The molecule has 0 spiro atoms. The third kappa shape index (κ3) is 3.71. The first kappa shape index (κ1) is 21.7. The van der Waals surface area contributed by atoms with Crippen LogP contribution < -0.4 is 10.8 Å². The predicted molar refractivity (Wildman–Crippen MR) is 133 cm³/mol. The first-order valence-electron chi connectivity index (χ1n) is 11.3. The van der Waals surface area contributed by atoms with Gasteiger partial charge in [-0.3, -0.25) is 9.38 Å². The average molecular weight is 440 g/mol. The molecule has 5 rings (SSSR count). The molecule has 1 N–H and O–H groups in total. The summed E-state index contributed by atoms with van der Waals surface area (Å²) in [6, 6.07) is 14.3. The van der Waals surface area contributed by atoms with Crippen molar-refractivity contribution in [1.29, 1.82) is 0 Å². The summed E-state index contributed by atoms with van der Waals surface area (Å²) in [5.74, 6) is 0.883. The van der Waals surface area contributed by atoms with Crippen LogP contribution in [0.3, 0.4) is 0 Å². The molecular formula is C26H29BN4O2. The maximum absolute atomic E-state index is 6.30. The third-order valence-corrected chi connectivity index (χ3v) is 6.83. The Kier molecular flexibility index (Phi) is 5.07. The molecule has 4 aromatic rings. The van der Waals surface area contributed by atoms with Crippen molar-refractivity contribution in [2.24, 2.45) is 0 Å². The van der Waals surface area contributed by atoms with E-state index in [0.29, 0.717) is 0 Å². The summed E-state index contributed by atoms with van der Waals surface area (Å²) in [5.41, 5.74) is 6.19. The highest BCUT2D eigenvalue weighted by Crippen LogP contribution is 2.37. The van der Waals surface area contributed by atoms with Gasteiger partial charge in [-0.1, -0.05) is 24.3 Å². The second-order valence-corrected chi connectivity index (χ2v) is 9.72. The zero-order chi connectivity index (χ0) is 23.4. The van der Waals surface area contributed by atoms with Crippen molar-refractivity contribution in [2.45, 2.75) is 52.7 Å². The van der Waals surface area contributed by atoms with Gasteiger partial charge in [-0.15, -0.1) is 0 Å². The van der Waals surface area contributed by atoms with Crippen molar-refractivity contribution >= 4 is 29.7 Å². The van der Waals surface area contributed by atoms with Gasteiger partial charge in [-0.2, -0.15) is 0 Å². The monoisotopic (exact) mass is 440 g/mol. The number of fused-ring (bicyclic) bond motifs is 1. The number of rotatable bonds is 4. The fourth-order valence-corrected chi connectivity index (χ4v) is 4.13. The van der Waals surface area contributed by atoms with Crippen LogP contribution >= 0.6 is 0 Å². The molecule has 1 aliphatic heterocycles. The van der Waals surface area contributed by atoms with Gasteiger partial charge in [0, 0.05) is 29.8 Å². The fraction of sp³-hybridized carbons (Fsp3) is 0.308. The minimum Gasteiger partial charge on any atom is -0.399 e. The summed E-state index contributed by atoms with van der Waals surface area (Å²) in [5, 5.41) is 3.67. The largest absolute Gasteiger partial charge is 0.496 e. The van der Waals surface area contributed by atoms with E-state index in [1.807, 2.05) is 30.5 Å². The molecule has 168 valence electrons. The Morgan fingerprint density at radius 2 is 1.61 bits per heavy atom. The van der Waals surface area contributed by atoms with E-state index in [1.54, 1.807) is 6.20 Å². The Hall–Kier alpha value is -3.16. The standard InChI is InChI=1S/C26H29BN4O2/c1-17-9-7-10-18(2)22(17)30-24-23(19-11-8-14-28-15-19)29-21-13-12-20(16-31(21)24)27-32-25(3,4)26(5,6)33-27/h7-16,30H,1-6H3. The van der Waals surface area contributed by atoms with E-state index in [2.05, 4.69) is 80.6 Å². The second kappa shape index (κ2) is 7.71. The molecule has 1 fully saturated rings. The molecule has 0 amide bonds. The number of hydrogen-bond acceptors (Lipinski definition) is 5. The van der Waals surface area contributed by atoms with Gasteiger partial charge in [0.1, 0.15) is 17.2 Å². The predicted octanol–water partition coefficient (Wildman–Crippen LogP) is 5.06. The van der Waals surface area contributed by atoms with E-state index < -0.39 is 18.3 Å². The van der Waals surface area contributed by atoms with Crippen molar-refractivity contribution in [3.05, 3.63) is 72.2 Å². The molecule has 0 aliphatic carbocycles. The Morgan fingerprint density at radius 3 is 2.24 bits per heavy atom. The molecule has 0 bridgehead atoms. The first-order valence-corrected chi connectivity index (χ1v) is 11.3. The zero-order valence-electron chi connectivity index (χ0n) is 20.0. The number of benzene rings is 1. The van der Waals surface area contributed by atoms with Crippen LogP contribution in [0, 0.1) is 13.8 Å². The summed E-state index contributed by atoms with van der Waals surface area (Å²) in [6.45, 7) is 12.5. The maximum Gasteiger partial charge on any atom is 0.496 e. The minimum absolute atomic E-state index is 0.401. The normalized spacial score (nSPS) is 17.0. The van der Waals surface area contributed by atoms with Gasteiger partial charge in [-0.25, -0.2) is 4.98 Å². The molecule has 33 heavy (non-hydrogen) atoms. The van der Waals surface area contributed by atoms with Crippen LogP contribution in [0.2, 0.25) is 0 Å². The lowest BCUT2D eigenvalue weighted by atomic mass is 9.80. The number of aromatic nitrogens is 3. The van der Waals surface area contributed by atoms with Crippen molar-refractivity contribution in [3.8, 4) is 11.3 Å². The van der Waals surface area contributed by atoms with Gasteiger partial charge in [0.05, 0.1) is 11.2 Å². The maximum atomic E-state index is 6.30. The van der Waals surface area contributed by atoms with E-state index in [1.165, 1.54) is 11.1 Å². The summed E-state index contributed by atoms with van der Waals surface area (Å²) in [6.07, 6.45) is 5.67. The van der Waals surface area contributed by atoms with Crippen molar-refractivity contribution in [3.63, 3.8) is 0 Å². The van der Waals surface area contributed by atoms with Crippen LogP contribution in [0.5, 0.6) is 0 Å². The highest BCUT2D eigenvalue weighted by molar-refractivity contribution is 6.62. The minimum atomic E-state index is -0.448. The molecular weight excluding hydrogens is 411 g/mol. The lowest BCUT2D eigenvalue weighted by Crippen LogP contribution is -2.41. The number of aryl methyl sites for hydroxylation is 2. The molecule has 3 aromatic heterocycles. The molecule has 1 aliphatic rings. The number of nitrogens with zero attached hydrogens (tertiary/aromatic N) is 3. The van der Waals surface area contributed by atoms with Gasteiger partial charge in [0.25, 0.3) is 0 Å². The Morgan fingerprint density at radius 1 is 0.909 bits per heavy atom. The molecule has 0 radical (unpaired) electrons. The van der Waals surface area contributed by atoms with E-state index in [-0.39, 0.29) is 0 Å². The third-order valence-electron chi connectivity index (χ3n) is 6.83. The van der Waals surface area contributed by atoms with E-state index in [4.69, 9.17) is 14.3 Å². The van der Waals surface area contributed by atoms with Gasteiger partial charge in [0.15, 0.2) is 0 Å². The summed E-state index contributed by atoms with van der Waals surface area (Å²) in [4.78, 5) is 9.25. The van der Waals surface area contributed by atoms with Gasteiger partial charge in [0.2, 0.25) is 0 Å². The van der Waals surface area contributed by atoms with Crippen molar-refractivity contribution in [2.75, 3.05) is 5.32 Å². The average Bonchev–Trinajstić information content (AvgIpc) is 3.24. The number of anilines is 2. The Bertz CT molecular complexity index is 1290. The molecule has 7 heteroatoms. The van der Waals surface area contributed by atoms with Gasteiger partial charge >= 0.3 is 7.12 Å². The van der Waals surface area contributed by atoms with Crippen molar-refractivity contribution < 1.29 is 9.31 Å². The summed E-state index contributed by atoms with van der Waals surface area (Å²) >= 11 is 0. The number of hydrogen-bond donors (Lipinski definition) is 1. The SMILES string of the molecule is Cc1cccc(C)c1Nc1c(-c2cccnc2)nc2ccc(B3OC(C)(C)C(C)(C)O3)cn12. The molecule has 4 heterocycles. The number of nitrogens with one attached hydrogen (secondary N) is 1. The fourth-order valence-electron chi connectivity index (χ4n) is 4.13. The summed E-state index contributed by atoms with van der Waals surface area (Å²) in [7, 11) is -0.448. The Labute approximate surface area is 195 Å². The van der Waals surface area contributed by atoms with Crippen LogP contribution in [0.4, 0.5) is 11.5 Å². The molecule has 1 aromatic carbocycles. The van der Waals surface area contributed by atoms with Crippen LogP contribution in [-0.2, 0) is 9.31 Å². The zero-order valence-corrected chi connectivity index (χ0v) is 20.0. The molecule has 1 saturated heterocycles. The number of imidazole rings is 1. The second-order valence-electron chi connectivity index (χ2n) is 9.72. The van der Waals surface area contributed by atoms with Gasteiger partial charge in [-0.05, 0) is 76.3 Å². The lowest BCUT2D eigenvalue weighted by molar-refractivity contribution is 0.00578. The summed E-state index contributed by atoms with van der Waals surface area (Å²) < 4.78 is 14.7. The number of para-hydroxylation sites is 1. The van der Waals surface area contributed by atoms with E-state index in [0.717, 1.165) is 33.9 Å². The Balaban J connectivity index is 1.66. The smallest absolute Gasteiger partial charge is 0.399 e. The van der Waals surface area contributed by atoms with E-state index >= 15 is 0 Å². The highest BCUT2D eigenvalue weighted by Gasteiger charge is 2.51. The topological polar surface area (TPSA) is 60.7 Å². The van der Waals surface area contributed by atoms with Gasteiger partial charge < -0.3 is 14.6 Å². The van der Waals surface area contributed by atoms with Crippen LogP contribution in [-0.4, -0.2) is 32.7 Å². The molecule has 0 atom stereocenters.